The van der Waals surface area contributed by atoms with E-state index in [0.29, 0.717) is 0 Å². The summed E-state index contributed by atoms with van der Waals surface area (Å²) in [7, 11) is 0. The highest BCUT2D eigenvalue weighted by atomic mass is 15.2. The first kappa shape index (κ1) is 49.1. The van der Waals surface area contributed by atoms with Crippen LogP contribution in [0.25, 0.3) is 22.3 Å². The Kier molecular flexibility index (Phi) is 12.1. The molecule has 0 radical (unpaired) electrons. The molecule has 0 aromatic heterocycles. The zero-order valence-electron chi connectivity index (χ0n) is 46.9. The van der Waals surface area contributed by atoms with E-state index in [-0.39, 0.29) is 28.4 Å². The van der Waals surface area contributed by atoms with Crippen LogP contribution >= 0.6 is 0 Å². The predicted molar refractivity (Wildman–Crippen MR) is 321 cm³/mol. The standard InChI is InChI=1S/C71H81BN2/c1-46-36-65-67-66(37-46)74(58-40-53(48-24-29-55(30-25-48)68(2,3)4)38-54(41-58)49-26-31-56(32-27-49)69(5,6)7)64-45-60-59(70(8,9)34-35-71(60,10)11)44-62(64)72(67)61-42-51-22-18-14-15-19-23-52(51)43-63(61)73(65)57-33-28-47-20-16-12-13-17-21-50(47)39-57/h24-33,36-45H,12-23,34-35H2,1-11H3. The fourth-order valence-electron chi connectivity index (χ4n) is 13.9. The van der Waals surface area contributed by atoms with Gasteiger partial charge in [0.1, 0.15) is 0 Å². The molecule has 0 bridgehead atoms. The Morgan fingerprint density at radius 2 is 0.838 bits per heavy atom. The van der Waals surface area contributed by atoms with Gasteiger partial charge in [0.15, 0.2) is 0 Å². The summed E-state index contributed by atoms with van der Waals surface area (Å²) < 4.78 is 0. The Morgan fingerprint density at radius 3 is 1.36 bits per heavy atom. The van der Waals surface area contributed by atoms with Crippen molar-refractivity contribution in [1.29, 1.82) is 0 Å². The van der Waals surface area contributed by atoms with Crippen LogP contribution in [0.15, 0.2) is 121 Å². The van der Waals surface area contributed by atoms with E-state index in [9.17, 15) is 0 Å². The molecule has 0 saturated carbocycles. The van der Waals surface area contributed by atoms with E-state index in [0.717, 1.165) is 19.3 Å². The maximum absolute atomic E-state index is 2.74. The van der Waals surface area contributed by atoms with E-state index in [4.69, 9.17) is 0 Å². The number of benzene rings is 7. The molecule has 2 aliphatic heterocycles. The smallest absolute Gasteiger partial charge is 0.252 e. The number of fused-ring (bicyclic) bond motifs is 7. The topological polar surface area (TPSA) is 6.48 Å². The lowest BCUT2D eigenvalue weighted by atomic mass is 9.33. The Hall–Kier alpha value is -5.80. The van der Waals surface area contributed by atoms with Gasteiger partial charge in [0.05, 0.1) is 0 Å². The van der Waals surface area contributed by atoms with Gasteiger partial charge in [0, 0.05) is 34.1 Å². The lowest BCUT2D eigenvalue weighted by Gasteiger charge is -2.47. The third kappa shape index (κ3) is 8.67. The molecule has 378 valence electrons. The molecule has 3 heteroatoms. The van der Waals surface area contributed by atoms with Crippen LogP contribution in [0.5, 0.6) is 0 Å². The van der Waals surface area contributed by atoms with Crippen LogP contribution in [0.3, 0.4) is 0 Å². The van der Waals surface area contributed by atoms with Crippen LogP contribution in [-0.4, -0.2) is 6.71 Å². The maximum Gasteiger partial charge on any atom is 0.252 e. The highest BCUT2D eigenvalue weighted by Crippen LogP contribution is 2.52. The number of nitrogens with zero attached hydrogens (tertiary/aromatic N) is 2. The Balaban J connectivity index is 1.16. The molecule has 0 spiro atoms. The van der Waals surface area contributed by atoms with Crippen molar-refractivity contribution in [3.05, 3.63) is 171 Å². The fraction of sp³-hybridized carbons (Fsp3) is 0.408. The molecule has 0 fully saturated rings. The summed E-state index contributed by atoms with van der Waals surface area (Å²) in [5.41, 5.74) is 30.8. The lowest BCUT2D eigenvalue weighted by Crippen LogP contribution is -2.62. The Morgan fingerprint density at radius 1 is 0.392 bits per heavy atom. The quantitative estimate of drug-likeness (QED) is 0.162. The third-order valence-corrected chi connectivity index (χ3v) is 18.6. The van der Waals surface area contributed by atoms with Crippen molar-refractivity contribution in [2.75, 3.05) is 9.80 Å². The summed E-state index contributed by atoms with van der Waals surface area (Å²) in [5, 5.41) is 0. The van der Waals surface area contributed by atoms with E-state index in [1.54, 1.807) is 22.3 Å². The highest BCUT2D eigenvalue weighted by Gasteiger charge is 2.47. The highest BCUT2D eigenvalue weighted by molar-refractivity contribution is 7.00. The molecule has 0 unspecified atom stereocenters. The third-order valence-electron chi connectivity index (χ3n) is 18.6. The van der Waals surface area contributed by atoms with Gasteiger partial charge < -0.3 is 9.80 Å². The molecule has 0 saturated heterocycles. The molecule has 7 aromatic carbocycles. The van der Waals surface area contributed by atoms with Gasteiger partial charge in [0.2, 0.25) is 0 Å². The normalized spacial score (nSPS) is 17.9. The minimum atomic E-state index is 0.0433. The number of hydrogen-bond acceptors (Lipinski definition) is 2. The van der Waals surface area contributed by atoms with Crippen molar-refractivity contribution in [2.45, 2.75) is 188 Å². The van der Waals surface area contributed by atoms with Crippen LogP contribution < -0.4 is 26.2 Å². The first-order valence-electron chi connectivity index (χ1n) is 28.9. The zero-order chi connectivity index (χ0) is 51.5. The van der Waals surface area contributed by atoms with E-state index in [1.165, 1.54) is 171 Å². The Bertz CT molecular complexity index is 3240. The lowest BCUT2D eigenvalue weighted by molar-refractivity contribution is 0.332. The monoisotopic (exact) mass is 973 g/mol. The minimum Gasteiger partial charge on any atom is -0.311 e. The van der Waals surface area contributed by atoms with Gasteiger partial charge >= 0.3 is 0 Å². The minimum absolute atomic E-state index is 0.0433. The van der Waals surface area contributed by atoms with Gasteiger partial charge in [-0.2, -0.15) is 0 Å². The number of hydrogen-bond donors (Lipinski definition) is 0. The largest absolute Gasteiger partial charge is 0.311 e. The number of aryl methyl sites for hydroxylation is 5. The van der Waals surface area contributed by atoms with Gasteiger partial charge in [0.25, 0.3) is 6.71 Å². The second-order valence-corrected chi connectivity index (χ2v) is 26.9. The van der Waals surface area contributed by atoms with Crippen molar-refractivity contribution in [3.8, 4) is 22.3 Å². The first-order valence-corrected chi connectivity index (χ1v) is 28.9. The molecule has 12 rings (SSSR count). The summed E-state index contributed by atoms with van der Waals surface area (Å²) in [6, 6.07) is 49.9. The van der Waals surface area contributed by atoms with Crippen molar-refractivity contribution in [1.82, 2.24) is 0 Å². The maximum atomic E-state index is 2.74. The van der Waals surface area contributed by atoms with Gasteiger partial charge in [-0.3, -0.25) is 0 Å². The second-order valence-electron chi connectivity index (χ2n) is 26.9. The average Bonchev–Trinajstić information content (AvgIpc) is 3.38. The second kappa shape index (κ2) is 18.2. The van der Waals surface area contributed by atoms with Gasteiger partial charge in [-0.15, -0.1) is 0 Å². The molecule has 5 aliphatic rings. The van der Waals surface area contributed by atoms with Gasteiger partial charge in [-0.25, -0.2) is 0 Å². The van der Waals surface area contributed by atoms with Crippen LogP contribution in [0.1, 0.15) is 184 Å². The molecule has 0 N–H and O–H groups in total. The van der Waals surface area contributed by atoms with E-state index < -0.39 is 0 Å². The molecular weight excluding hydrogens is 892 g/mol. The number of rotatable bonds is 4. The molecule has 0 amide bonds. The van der Waals surface area contributed by atoms with Crippen LogP contribution in [0.2, 0.25) is 0 Å². The molecule has 7 aromatic rings. The van der Waals surface area contributed by atoms with Gasteiger partial charge in [-0.1, -0.05) is 162 Å². The van der Waals surface area contributed by atoms with Crippen LogP contribution in [-0.2, 0) is 47.3 Å². The summed E-state index contributed by atoms with van der Waals surface area (Å²) >= 11 is 0. The van der Waals surface area contributed by atoms with E-state index >= 15 is 0 Å². The molecule has 74 heavy (non-hydrogen) atoms. The van der Waals surface area contributed by atoms with Crippen molar-refractivity contribution in [2.24, 2.45) is 0 Å². The summed E-state index contributed by atoms with van der Waals surface area (Å²) in [6.45, 7) is 26.4. The predicted octanol–water partition coefficient (Wildman–Crippen LogP) is 17.7. The van der Waals surface area contributed by atoms with E-state index in [1.807, 2.05) is 0 Å². The fourth-order valence-corrected chi connectivity index (χ4v) is 13.9. The van der Waals surface area contributed by atoms with Gasteiger partial charge in [-0.05, 0) is 236 Å². The summed E-state index contributed by atoms with van der Waals surface area (Å²) in [6.07, 6.45) is 17.5. The Labute approximate surface area is 446 Å². The zero-order valence-corrected chi connectivity index (χ0v) is 46.9. The molecule has 2 nitrogen and oxygen atoms in total. The molecular formula is C71H81BN2. The van der Waals surface area contributed by atoms with Crippen LogP contribution in [0, 0.1) is 6.92 Å². The van der Waals surface area contributed by atoms with Crippen molar-refractivity contribution >= 4 is 57.2 Å². The molecule has 0 atom stereocenters. The van der Waals surface area contributed by atoms with E-state index in [2.05, 4.69) is 207 Å². The van der Waals surface area contributed by atoms with Crippen molar-refractivity contribution in [3.63, 3.8) is 0 Å². The molecule has 2 heterocycles. The first-order chi connectivity index (χ1) is 35.3. The average molecular weight is 973 g/mol. The number of anilines is 6. The molecule has 3 aliphatic carbocycles. The summed E-state index contributed by atoms with van der Waals surface area (Å²) in [4.78, 5) is 5.47. The summed E-state index contributed by atoms with van der Waals surface area (Å²) in [5.74, 6) is 0. The van der Waals surface area contributed by atoms with Crippen molar-refractivity contribution < 1.29 is 0 Å². The van der Waals surface area contributed by atoms with Crippen LogP contribution in [0.4, 0.5) is 34.1 Å². The SMILES string of the molecule is Cc1cc2c3c(c1)N(c1cc(-c4ccc(C(C)(C)C)cc4)cc(-c4ccc(C(C)(C)C)cc4)c1)c1cc4c(cc1B3c1cc3c(cc1N2c1ccc2c(c1)CCCCCC2)CCCCCC3)C(C)(C)CCC4(C)C.